The van der Waals surface area contributed by atoms with Crippen LogP contribution in [0.15, 0.2) is 10.7 Å². The minimum atomic E-state index is -1.25. The fourth-order valence-corrected chi connectivity index (χ4v) is 0.904. The highest BCUT2D eigenvalue weighted by Crippen LogP contribution is 2.17. The number of carboxylic acid groups (broad SMARTS) is 1. The second-order valence-electron chi connectivity index (χ2n) is 2.19. The fraction of sp³-hybridized carbons (Fsp3) is 0.286. The van der Waals surface area contributed by atoms with E-state index in [1.165, 1.54) is 0 Å². The number of rotatable bonds is 3. The van der Waals surface area contributed by atoms with Crippen molar-refractivity contribution in [2.24, 2.45) is 0 Å². The van der Waals surface area contributed by atoms with Crippen LogP contribution in [0.5, 0.6) is 0 Å². The van der Waals surface area contributed by atoms with E-state index in [2.05, 4.69) is 4.42 Å². The van der Waals surface area contributed by atoms with Gasteiger partial charge in [0.1, 0.15) is 0 Å². The van der Waals surface area contributed by atoms with Gasteiger partial charge in [-0.1, -0.05) is 0 Å². The van der Waals surface area contributed by atoms with Crippen molar-refractivity contribution in [2.45, 2.75) is 13.2 Å². The highest BCUT2D eigenvalue weighted by Gasteiger charge is 2.17. The number of furan rings is 1. The van der Waals surface area contributed by atoms with Gasteiger partial charge in [-0.05, 0) is 0 Å². The SMILES string of the molecule is O=C(O)c1occ(CO)c1CO. The highest BCUT2D eigenvalue weighted by molar-refractivity contribution is 5.86. The van der Waals surface area contributed by atoms with Gasteiger partial charge < -0.3 is 19.7 Å². The molecule has 1 heterocycles. The van der Waals surface area contributed by atoms with Gasteiger partial charge in [-0.15, -0.1) is 0 Å². The molecule has 0 aromatic carbocycles. The molecule has 0 unspecified atom stereocenters. The van der Waals surface area contributed by atoms with Crippen LogP contribution in [0, 0.1) is 0 Å². The van der Waals surface area contributed by atoms with Crippen molar-refractivity contribution in [3.05, 3.63) is 23.2 Å². The molecular formula is C7H8O5. The zero-order valence-corrected chi connectivity index (χ0v) is 6.15. The second kappa shape index (κ2) is 3.38. The first kappa shape index (κ1) is 8.76. The first-order valence-electron chi connectivity index (χ1n) is 3.25. The summed E-state index contributed by atoms with van der Waals surface area (Å²) in [5.41, 5.74) is 0.430. The van der Waals surface area contributed by atoms with Gasteiger partial charge in [0, 0.05) is 11.1 Å². The maximum absolute atomic E-state index is 10.4. The van der Waals surface area contributed by atoms with Crippen molar-refractivity contribution in [3.63, 3.8) is 0 Å². The molecule has 0 spiro atoms. The Morgan fingerprint density at radius 3 is 2.50 bits per heavy atom. The Kier molecular flexibility index (Phi) is 2.47. The van der Waals surface area contributed by atoms with Crippen LogP contribution in [0.1, 0.15) is 21.7 Å². The van der Waals surface area contributed by atoms with Crippen LogP contribution in [-0.4, -0.2) is 21.3 Å². The van der Waals surface area contributed by atoms with Gasteiger partial charge in [-0.2, -0.15) is 0 Å². The van der Waals surface area contributed by atoms with Crippen molar-refractivity contribution in [2.75, 3.05) is 0 Å². The zero-order chi connectivity index (χ0) is 9.14. The van der Waals surface area contributed by atoms with E-state index < -0.39 is 12.6 Å². The van der Waals surface area contributed by atoms with E-state index in [1.807, 2.05) is 0 Å². The smallest absolute Gasteiger partial charge is 0.372 e. The van der Waals surface area contributed by atoms with Crippen LogP contribution in [0.3, 0.4) is 0 Å². The Morgan fingerprint density at radius 2 is 2.08 bits per heavy atom. The Morgan fingerprint density at radius 1 is 1.42 bits per heavy atom. The minimum Gasteiger partial charge on any atom is -0.475 e. The molecule has 12 heavy (non-hydrogen) atoms. The van der Waals surface area contributed by atoms with Crippen LogP contribution >= 0.6 is 0 Å². The van der Waals surface area contributed by atoms with Crippen LogP contribution in [0.2, 0.25) is 0 Å². The number of aliphatic hydroxyl groups excluding tert-OH is 2. The average Bonchev–Trinajstić information content (AvgIpc) is 2.46. The summed E-state index contributed by atoms with van der Waals surface area (Å²) in [6, 6.07) is 0. The molecule has 1 rings (SSSR count). The van der Waals surface area contributed by atoms with E-state index in [1.54, 1.807) is 0 Å². The maximum atomic E-state index is 10.4. The molecule has 1 aromatic heterocycles. The average molecular weight is 172 g/mol. The monoisotopic (exact) mass is 172 g/mol. The van der Waals surface area contributed by atoms with Crippen molar-refractivity contribution in [1.82, 2.24) is 0 Å². The summed E-state index contributed by atoms with van der Waals surface area (Å²) in [7, 11) is 0. The highest BCUT2D eigenvalue weighted by atomic mass is 16.4. The maximum Gasteiger partial charge on any atom is 0.372 e. The van der Waals surface area contributed by atoms with Crippen molar-refractivity contribution in [1.29, 1.82) is 0 Å². The van der Waals surface area contributed by atoms with E-state index >= 15 is 0 Å². The summed E-state index contributed by atoms with van der Waals surface area (Å²) in [6.07, 6.45) is 1.12. The largest absolute Gasteiger partial charge is 0.475 e. The van der Waals surface area contributed by atoms with E-state index in [-0.39, 0.29) is 17.9 Å². The summed E-state index contributed by atoms with van der Waals surface area (Å²) in [4.78, 5) is 10.4. The van der Waals surface area contributed by atoms with Crippen LogP contribution in [0.25, 0.3) is 0 Å². The number of carboxylic acids is 1. The van der Waals surface area contributed by atoms with Crippen LogP contribution in [-0.2, 0) is 13.2 Å². The molecule has 5 nitrogen and oxygen atoms in total. The molecule has 0 aliphatic heterocycles. The van der Waals surface area contributed by atoms with Gasteiger partial charge in [0.05, 0.1) is 19.5 Å². The van der Waals surface area contributed by atoms with Crippen molar-refractivity contribution in [3.8, 4) is 0 Å². The Labute approximate surface area is 67.9 Å². The molecule has 66 valence electrons. The Hall–Kier alpha value is -1.33. The summed E-state index contributed by atoms with van der Waals surface area (Å²) < 4.78 is 4.62. The molecule has 5 heteroatoms. The second-order valence-corrected chi connectivity index (χ2v) is 2.19. The summed E-state index contributed by atoms with van der Waals surface area (Å²) >= 11 is 0. The molecule has 0 saturated heterocycles. The predicted molar refractivity (Wildman–Crippen MR) is 37.5 cm³/mol. The van der Waals surface area contributed by atoms with Crippen molar-refractivity contribution >= 4 is 5.97 Å². The zero-order valence-electron chi connectivity index (χ0n) is 6.15. The molecule has 0 aliphatic rings. The first-order chi connectivity index (χ1) is 5.70. The lowest BCUT2D eigenvalue weighted by molar-refractivity contribution is 0.0657. The van der Waals surface area contributed by atoms with Gasteiger partial charge in [-0.3, -0.25) is 0 Å². The lowest BCUT2D eigenvalue weighted by Crippen LogP contribution is -2.00. The van der Waals surface area contributed by atoms with Gasteiger partial charge in [-0.25, -0.2) is 4.79 Å². The molecule has 0 amide bonds. The predicted octanol–water partition coefficient (Wildman–Crippen LogP) is -0.0376. The third-order valence-corrected chi connectivity index (χ3v) is 1.50. The number of aromatic carboxylic acids is 1. The van der Waals surface area contributed by atoms with Crippen LogP contribution < -0.4 is 0 Å². The molecular weight excluding hydrogens is 164 g/mol. The van der Waals surface area contributed by atoms with Crippen molar-refractivity contribution < 1.29 is 24.5 Å². The van der Waals surface area contributed by atoms with Gasteiger partial charge >= 0.3 is 5.97 Å². The summed E-state index contributed by atoms with van der Waals surface area (Å²) in [6.45, 7) is -0.791. The normalized spacial score (nSPS) is 10.2. The van der Waals surface area contributed by atoms with E-state index in [0.717, 1.165) is 6.26 Å². The number of hydrogen-bond donors (Lipinski definition) is 3. The topological polar surface area (TPSA) is 90.9 Å². The van der Waals surface area contributed by atoms with E-state index in [0.29, 0.717) is 5.56 Å². The molecule has 3 N–H and O–H groups in total. The van der Waals surface area contributed by atoms with E-state index in [9.17, 15) is 4.79 Å². The van der Waals surface area contributed by atoms with Gasteiger partial charge in [0.15, 0.2) is 0 Å². The lowest BCUT2D eigenvalue weighted by atomic mass is 10.1. The number of aliphatic hydroxyl groups is 2. The van der Waals surface area contributed by atoms with Gasteiger partial charge in [0.25, 0.3) is 0 Å². The number of carbonyl (C=O) groups is 1. The first-order valence-corrected chi connectivity index (χ1v) is 3.25. The Balaban J connectivity index is 3.13. The molecule has 1 aromatic rings. The quantitative estimate of drug-likeness (QED) is 0.595. The summed E-state index contributed by atoms with van der Waals surface area (Å²) in [5, 5.41) is 25.9. The van der Waals surface area contributed by atoms with E-state index in [4.69, 9.17) is 15.3 Å². The minimum absolute atomic E-state index is 0.130. The summed E-state index contributed by atoms with van der Waals surface area (Å²) in [5.74, 6) is -1.57. The molecule has 0 fully saturated rings. The molecule has 0 bridgehead atoms. The Bertz CT molecular complexity index is 288. The van der Waals surface area contributed by atoms with Gasteiger partial charge in [0.2, 0.25) is 5.76 Å². The third kappa shape index (κ3) is 1.32. The third-order valence-electron chi connectivity index (χ3n) is 1.50. The molecule has 0 atom stereocenters. The fourth-order valence-electron chi connectivity index (χ4n) is 0.904. The lowest BCUT2D eigenvalue weighted by Gasteiger charge is -1.94. The molecule has 0 radical (unpaired) electrons. The van der Waals surface area contributed by atoms with Crippen LogP contribution in [0.4, 0.5) is 0 Å². The number of hydrogen-bond acceptors (Lipinski definition) is 4. The molecule has 0 aliphatic carbocycles. The standard InChI is InChI=1S/C7H8O5/c8-1-4-3-12-6(7(10)11)5(4)2-9/h3,8-9H,1-2H2,(H,10,11). The molecule has 0 saturated carbocycles.